The maximum absolute atomic E-state index is 12.2. The lowest BCUT2D eigenvalue weighted by atomic mass is 10.1. The predicted molar refractivity (Wildman–Crippen MR) is 80.9 cm³/mol. The lowest BCUT2D eigenvalue weighted by molar-refractivity contribution is -0.139. The molecule has 1 amide bonds. The second kappa shape index (κ2) is 6.89. The third-order valence-corrected chi connectivity index (χ3v) is 3.34. The molecule has 0 aliphatic carbocycles. The monoisotopic (exact) mass is 303 g/mol. The van der Waals surface area contributed by atoms with Gasteiger partial charge in [0.25, 0.3) is 5.91 Å². The fourth-order valence-corrected chi connectivity index (χ4v) is 2.12. The maximum Gasteiger partial charge on any atom is 0.349 e. The molecule has 0 spiro atoms. The summed E-state index contributed by atoms with van der Waals surface area (Å²) in [4.78, 5) is 35.2. The van der Waals surface area contributed by atoms with Crippen molar-refractivity contribution in [3.63, 3.8) is 0 Å². The number of aliphatic carboxylic acids is 1. The van der Waals surface area contributed by atoms with E-state index in [2.05, 4.69) is 5.32 Å². The molecule has 6 nitrogen and oxygen atoms in total. The summed E-state index contributed by atoms with van der Waals surface area (Å²) in [6, 6.07) is 7.20. The molecule has 22 heavy (non-hydrogen) atoms. The lowest BCUT2D eigenvalue weighted by Crippen LogP contribution is -2.42. The highest BCUT2D eigenvalue weighted by Gasteiger charge is 2.22. The number of nitrogens with one attached hydrogen (secondary N) is 1. The summed E-state index contributed by atoms with van der Waals surface area (Å²) in [5.41, 5.74) is -0.595. The van der Waals surface area contributed by atoms with Crippen LogP contribution in [0.5, 0.6) is 0 Å². The van der Waals surface area contributed by atoms with Gasteiger partial charge in [0.1, 0.15) is 17.2 Å². The summed E-state index contributed by atoms with van der Waals surface area (Å²) in [5, 5.41) is 12.1. The van der Waals surface area contributed by atoms with Crippen LogP contribution in [0.15, 0.2) is 39.5 Å². The Balaban J connectivity index is 2.26. The van der Waals surface area contributed by atoms with E-state index in [4.69, 9.17) is 9.52 Å². The molecule has 116 valence electrons. The molecule has 1 unspecified atom stereocenters. The van der Waals surface area contributed by atoms with E-state index in [0.29, 0.717) is 23.8 Å². The summed E-state index contributed by atoms with van der Waals surface area (Å²) in [7, 11) is 0. The number of carboxylic acid groups (broad SMARTS) is 1. The molecule has 0 saturated heterocycles. The van der Waals surface area contributed by atoms with E-state index in [1.54, 1.807) is 24.3 Å². The first-order valence-corrected chi connectivity index (χ1v) is 7.09. The van der Waals surface area contributed by atoms with Crippen LogP contribution in [0.25, 0.3) is 11.0 Å². The van der Waals surface area contributed by atoms with E-state index in [0.717, 1.165) is 6.42 Å². The van der Waals surface area contributed by atoms with Crippen LogP contribution in [-0.2, 0) is 4.79 Å². The minimum atomic E-state index is -1.12. The molecule has 0 radical (unpaired) electrons. The molecule has 1 heterocycles. The first-order valence-electron chi connectivity index (χ1n) is 7.09. The number of carboxylic acids is 1. The van der Waals surface area contributed by atoms with Crippen LogP contribution >= 0.6 is 0 Å². The molecule has 0 aliphatic rings. The minimum Gasteiger partial charge on any atom is -0.480 e. The average Bonchev–Trinajstić information content (AvgIpc) is 2.50. The van der Waals surface area contributed by atoms with E-state index in [1.165, 1.54) is 6.07 Å². The molecular formula is C16H17NO5. The number of fused-ring (bicyclic) bond motifs is 1. The number of carbonyl (C=O) groups excluding carboxylic acids is 1. The molecule has 0 bridgehead atoms. The Kier molecular flexibility index (Phi) is 4.93. The topological polar surface area (TPSA) is 96.6 Å². The molecule has 2 aromatic rings. The lowest BCUT2D eigenvalue weighted by Gasteiger charge is -2.13. The van der Waals surface area contributed by atoms with Gasteiger partial charge in [0.2, 0.25) is 0 Å². The van der Waals surface area contributed by atoms with Gasteiger partial charge >= 0.3 is 11.6 Å². The zero-order chi connectivity index (χ0) is 16.1. The summed E-state index contributed by atoms with van der Waals surface area (Å²) in [5.74, 6) is -1.85. The van der Waals surface area contributed by atoms with E-state index < -0.39 is 23.5 Å². The molecule has 2 rings (SSSR count). The molecule has 1 aromatic carbocycles. The number of unbranched alkanes of at least 4 members (excludes halogenated alkanes) is 1. The Morgan fingerprint density at radius 3 is 2.73 bits per heavy atom. The van der Waals surface area contributed by atoms with E-state index in [-0.39, 0.29) is 5.56 Å². The van der Waals surface area contributed by atoms with Crippen molar-refractivity contribution >= 4 is 22.8 Å². The first kappa shape index (κ1) is 15.8. The zero-order valence-electron chi connectivity index (χ0n) is 12.2. The van der Waals surface area contributed by atoms with Crippen molar-refractivity contribution in [1.82, 2.24) is 5.32 Å². The zero-order valence-corrected chi connectivity index (χ0v) is 12.2. The number of hydrogen-bond donors (Lipinski definition) is 2. The van der Waals surface area contributed by atoms with Gasteiger partial charge < -0.3 is 14.8 Å². The van der Waals surface area contributed by atoms with Gasteiger partial charge in [0.05, 0.1) is 0 Å². The highest BCUT2D eigenvalue weighted by molar-refractivity contribution is 5.98. The Bertz CT molecular complexity index is 750. The highest BCUT2D eigenvalue weighted by atomic mass is 16.4. The van der Waals surface area contributed by atoms with Crippen molar-refractivity contribution in [2.75, 3.05) is 0 Å². The quantitative estimate of drug-likeness (QED) is 0.797. The summed E-state index contributed by atoms with van der Waals surface area (Å²) in [6.07, 6.45) is 1.80. The van der Waals surface area contributed by atoms with Crippen LogP contribution in [0, 0.1) is 0 Å². The molecule has 6 heteroatoms. The van der Waals surface area contributed by atoms with Crippen molar-refractivity contribution in [2.45, 2.75) is 32.2 Å². The molecule has 1 aromatic heterocycles. The van der Waals surface area contributed by atoms with Crippen LogP contribution < -0.4 is 10.9 Å². The van der Waals surface area contributed by atoms with Gasteiger partial charge in [0.15, 0.2) is 0 Å². The van der Waals surface area contributed by atoms with Crippen molar-refractivity contribution in [3.8, 4) is 0 Å². The van der Waals surface area contributed by atoms with E-state index in [9.17, 15) is 14.4 Å². The van der Waals surface area contributed by atoms with E-state index in [1.807, 2.05) is 6.92 Å². The van der Waals surface area contributed by atoms with Crippen LogP contribution in [0.3, 0.4) is 0 Å². The van der Waals surface area contributed by atoms with Gasteiger partial charge in [-0.25, -0.2) is 9.59 Å². The Hall–Kier alpha value is -2.63. The van der Waals surface area contributed by atoms with Crippen LogP contribution in [-0.4, -0.2) is 23.0 Å². The van der Waals surface area contributed by atoms with Gasteiger partial charge in [-0.1, -0.05) is 38.0 Å². The second-order valence-electron chi connectivity index (χ2n) is 4.99. The Morgan fingerprint density at radius 2 is 2.05 bits per heavy atom. The van der Waals surface area contributed by atoms with Crippen molar-refractivity contribution in [1.29, 1.82) is 0 Å². The maximum atomic E-state index is 12.2. The predicted octanol–water partition coefficient (Wildman–Crippen LogP) is 2.17. The van der Waals surface area contributed by atoms with Gasteiger partial charge in [-0.05, 0) is 18.6 Å². The van der Waals surface area contributed by atoms with Crippen molar-refractivity contribution in [3.05, 3.63) is 46.3 Å². The van der Waals surface area contributed by atoms with Gasteiger partial charge in [-0.15, -0.1) is 0 Å². The number of para-hydroxylation sites is 1. The normalized spacial score (nSPS) is 12.0. The summed E-state index contributed by atoms with van der Waals surface area (Å²) >= 11 is 0. The third kappa shape index (κ3) is 3.52. The number of amides is 1. The van der Waals surface area contributed by atoms with Gasteiger partial charge in [-0.2, -0.15) is 0 Å². The van der Waals surface area contributed by atoms with Gasteiger partial charge in [-0.3, -0.25) is 4.79 Å². The SMILES string of the molecule is CCCCC(NC(=O)c1cc2ccccc2oc1=O)C(=O)O. The van der Waals surface area contributed by atoms with Crippen LogP contribution in [0.2, 0.25) is 0 Å². The smallest absolute Gasteiger partial charge is 0.349 e. The molecule has 0 fully saturated rings. The summed E-state index contributed by atoms with van der Waals surface area (Å²) in [6.45, 7) is 1.93. The fourth-order valence-electron chi connectivity index (χ4n) is 2.12. The molecule has 1 atom stereocenters. The first-order chi connectivity index (χ1) is 10.5. The number of benzene rings is 1. The Morgan fingerprint density at radius 1 is 1.32 bits per heavy atom. The van der Waals surface area contributed by atoms with Crippen LogP contribution in [0.1, 0.15) is 36.5 Å². The largest absolute Gasteiger partial charge is 0.480 e. The number of carbonyl (C=O) groups is 2. The molecule has 2 N–H and O–H groups in total. The van der Waals surface area contributed by atoms with Crippen molar-refractivity contribution < 1.29 is 19.1 Å². The minimum absolute atomic E-state index is 0.193. The third-order valence-electron chi connectivity index (χ3n) is 3.34. The molecule has 0 aliphatic heterocycles. The second-order valence-corrected chi connectivity index (χ2v) is 4.99. The number of rotatable bonds is 6. The van der Waals surface area contributed by atoms with E-state index >= 15 is 0 Å². The fraction of sp³-hybridized carbons (Fsp3) is 0.312. The van der Waals surface area contributed by atoms with Crippen LogP contribution in [0.4, 0.5) is 0 Å². The summed E-state index contributed by atoms with van der Waals surface area (Å²) < 4.78 is 5.07. The standard InChI is InChI=1S/C16H17NO5/c1-2-3-7-12(15(19)20)17-14(18)11-9-10-6-4-5-8-13(10)22-16(11)21/h4-6,8-9,12H,2-3,7H2,1H3,(H,17,18)(H,19,20). The Labute approximate surface area is 126 Å². The van der Waals surface area contributed by atoms with Crippen molar-refractivity contribution in [2.24, 2.45) is 0 Å². The molecular weight excluding hydrogens is 286 g/mol. The average molecular weight is 303 g/mol. The highest BCUT2D eigenvalue weighted by Crippen LogP contribution is 2.13. The molecule has 0 saturated carbocycles. The number of hydrogen-bond acceptors (Lipinski definition) is 4. The van der Waals surface area contributed by atoms with Gasteiger partial charge in [0, 0.05) is 5.39 Å².